The summed E-state index contributed by atoms with van der Waals surface area (Å²) in [6.07, 6.45) is 2.82. The van der Waals surface area contributed by atoms with E-state index in [0.717, 1.165) is 0 Å². The van der Waals surface area contributed by atoms with E-state index in [1.165, 1.54) is 35.5 Å². The first kappa shape index (κ1) is 9.60. The average Bonchev–Trinajstić information content (AvgIpc) is 2.70. The van der Waals surface area contributed by atoms with Crippen LogP contribution in [0.5, 0.6) is 0 Å². The van der Waals surface area contributed by atoms with Crippen molar-refractivity contribution in [1.82, 2.24) is 14.8 Å². The fourth-order valence-corrected chi connectivity index (χ4v) is 1.39. The Labute approximate surface area is 89.3 Å². The third-order valence-corrected chi connectivity index (χ3v) is 2.11. The maximum absolute atomic E-state index is 10.5. The number of rotatable bonds is 2. The summed E-state index contributed by atoms with van der Waals surface area (Å²) in [5.74, 6) is 0. The van der Waals surface area contributed by atoms with Gasteiger partial charge < -0.3 is 0 Å². The molecular formula is C8H5ClN4O2. The summed E-state index contributed by atoms with van der Waals surface area (Å²) in [6.45, 7) is 0. The summed E-state index contributed by atoms with van der Waals surface area (Å²) in [5.41, 5.74) is 0.503. The standard InChI is InChI=1S/C8H5ClN4O2/c9-7-3-6(13(14)15)1-2-8(7)12-5-10-4-11-12/h1-5H. The molecule has 0 amide bonds. The van der Waals surface area contributed by atoms with Crippen molar-refractivity contribution in [1.29, 1.82) is 0 Å². The number of benzene rings is 1. The summed E-state index contributed by atoms with van der Waals surface area (Å²) in [5, 5.41) is 14.6. The van der Waals surface area contributed by atoms with Crippen LogP contribution in [0.25, 0.3) is 5.69 Å². The highest BCUT2D eigenvalue weighted by Gasteiger charge is 2.10. The number of nitro groups is 1. The Hall–Kier alpha value is -1.95. The molecule has 0 saturated heterocycles. The van der Waals surface area contributed by atoms with E-state index in [1.54, 1.807) is 0 Å². The lowest BCUT2D eigenvalue weighted by atomic mass is 10.3. The lowest BCUT2D eigenvalue weighted by Crippen LogP contribution is -1.96. The molecular weight excluding hydrogens is 220 g/mol. The Morgan fingerprint density at radius 1 is 1.47 bits per heavy atom. The van der Waals surface area contributed by atoms with Crippen molar-refractivity contribution in [3.63, 3.8) is 0 Å². The number of nitro benzene ring substituents is 1. The van der Waals surface area contributed by atoms with Crippen LogP contribution in [0.15, 0.2) is 30.9 Å². The van der Waals surface area contributed by atoms with Crippen LogP contribution in [-0.2, 0) is 0 Å². The van der Waals surface area contributed by atoms with Gasteiger partial charge in [-0.25, -0.2) is 9.67 Å². The van der Waals surface area contributed by atoms with E-state index < -0.39 is 4.92 Å². The molecule has 76 valence electrons. The van der Waals surface area contributed by atoms with E-state index in [-0.39, 0.29) is 10.7 Å². The van der Waals surface area contributed by atoms with E-state index in [0.29, 0.717) is 5.69 Å². The molecule has 0 bridgehead atoms. The Kier molecular flexibility index (Phi) is 2.34. The van der Waals surface area contributed by atoms with Crippen LogP contribution in [0.3, 0.4) is 0 Å². The molecule has 1 heterocycles. The Morgan fingerprint density at radius 3 is 2.80 bits per heavy atom. The number of halogens is 1. The maximum atomic E-state index is 10.5. The quantitative estimate of drug-likeness (QED) is 0.576. The Bertz CT molecular complexity index is 497. The van der Waals surface area contributed by atoms with Gasteiger partial charge >= 0.3 is 0 Å². The zero-order valence-electron chi connectivity index (χ0n) is 7.37. The molecule has 0 saturated carbocycles. The second kappa shape index (κ2) is 3.66. The highest BCUT2D eigenvalue weighted by molar-refractivity contribution is 6.32. The maximum Gasteiger partial charge on any atom is 0.271 e. The molecule has 0 N–H and O–H groups in total. The first-order valence-corrected chi connectivity index (χ1v) is 4.35. The van der Waals surface area contributed by atoms with Crippen molar-refractivity contribution < 1.29 is 4.92 Å². The molecule has 0 aliphatic heterocycles. The monoisotopic (exact) mass is 224 g/mol. The third-order valence-electron chi connectivity index (χ3n) is 1.81. The van der Waals surface area contributed by atoms with Gasteiger partial charge in [0.05, 0.1) is 15.6 Å². The first-order chi connectivity index (χ1) is 7.18. The van der Waals surface area contributed by atoms with Gasteiger partial charge in [-0.05, 0) is 6.07 Å². The number of hydrogen-bond acceptors (Lipinski definition) is 4. The zero-order valence-corrected chi connectivity index (χ0v) is 8.13. The highest BCUT2D eigenvalue weighted by Crippen LogP contribution is 2.24. The molecule has 0 aliphatic rings. The first-order valence-electron chi connectivity index (χ1n) is 3.97. The van der Waals surface area contributed by atoms with E-state index in [9.17, 15) is 10.1 Å². The van der Waals surface area contributed by atoms with Crippen LogP contribution in [-0.4, -0.2) is 19.7 Å². The van der Waals surface area contributed by atoms with Gasteiger partial charge in [-0.2, -0.15) is 5.10 Å². The Morgan fingerprint density at radius 2 is 2.27 bits per heavy atom. The second-order valence-corrected chi connectivity index (χ2v) is 3.14. The van der Waals surface area contributed by atoms with Gasteiger partial charge in [-0.3, -0.25) is 10.1 Å². The molecule has 0 spiro atoms. The van der Waals surface area contributed by atoms with Crippen LogP contribution in [0, 0.1) is 10.1 Å². The third kappa shape index (κ3) is 1.79. The molecule has 1 aromatic carbocycles. The fraction of sp³-hybridized carbons (Fsp3) is 0. The van der Waals surface area contributed by atoms with Crippen LogP contribution in [0.4, 0.5) is 5.69 Å². The molecule has 0 radical (unpaired) electrons. The number of nitrogens with zero attached hydrogens (tertiary/aromatic N) is 4. The van der Waals surface area contributed by atoms with E-state index in [4.69, 9.17) is 11.6 Å². The van der Waals surface area contributed by atoms with Crippen LogP contribution in [0.1, 0.15) is 0 Å². The largest absolute Gasteiger partial charge is 0.271 e. The van der Waals surface area contributed by atoms with Gasteiger partial charge in [0, 0.05) is 12.1 Å². The van der Waals surface area contributed by atoms with E-state index in [1.807, 2.05) is 0 Å². The van der Waals surface area contributed by atoms with Gasteiger partial charge in [-0.15, -0.1) is 0 Å². The molecule has 0 fully saturated rings. The minimum atomic E-state index is -0.503. The minimum absolute atomic E-state index is 0.0520. The highest BCUT2D eigenvalue weighted by atomic mass is 35.5. The number of aromatic nitrogens is 3. The van der Waals surface area contributed by atoms with E-state index >= 15 is 0 Å². The molecule has 0 atom stereocenters. The van der Waals surface area contributed by atoms with Gasteiger partial charge in [0.1, 0.15) is 12.7 Å². The molecule has 1 aromatic heterocycles. The van der Waals surface area contributed by atoms with E-state index in [2.05, 4.69) is 10.1 Å². The van der Waals surface area contributed by atoms with Crippen molar-refractivity contribution in [3.05, 3.63) is 46.0 Å². The Balaban J connectivity index is 2.48. The summed E-state index contributed by atoms with van der Waals surface area (Å²) in [7, 11) is 0. The van der Waals surface area contributed by atoms with Crippen LogP contribution in [0.2, 0.25) is 5.02 Å². The molecule has 6 nitrogen and oxygen atoms in total. The lowest BCUT2D eigenvalue weighted by Gasteiger charge is -2.02. The topological polar surface area (TPSA) is 73.8 Å². The molecule has 0 aliphatic carbocycles. The number of hydrogen-bond donors (Lipinski definition) is 0. The summed E-state index contributed by atoms with van der Waals surface area (Å²) in [6, 6.07) is 4.16. The SMILES string of the molecule is O=[N+]([O-])c1ccc(-n2cncn2)c(Cl)c1. The fourth-order valence-electron chi connectivity index (χ4n) is 1.13. The lowest BCUT2D eigenvalue weighted by molar-refractivity contribution is -0.384. The second-order valence-electron chi connectivity index (χ2n) is 2.73. The summed E-state index contributed by atoms with van der Waals surface area (Å²) in [4.78, 5) is 13.7. The van der Waals surface area contributed by atoms with Gasteiger partial charge in [0.25, 0.3) is 5.69 Å². The molecule has 15 heavy (non-hydrogen) atoms. The van der Waals surface area contributed by atoms with Gasteiger partial charge in [0.2, 0.25) is 0 Å². The predicted octanol–water partition coefficient (Wildman–Crippen LogP) is 1.83. The average molecular weight is 225 g/mol. The normalized spacial score (nSPS) is 10.2. The number of non-ortho nitro benzene ring substituents is 1. The van der Waals surface area contributed by atoms with Crippen LogP contribution < -0.4 is 0 Å². The van der Waals surface area contributed by atoms with Crippen LogP contribution >= 0.6 is 11.6 Å². The molecule has 7 heteroatoms. The smallest absolute Gasteiger partial charge is 0.258 e. The summed E-state index contributed by atoms with van der Waals surface area (Å²) < 4.78 is 1.44. The van der Waals surface area contributed by atoms with Gasteiger partial charge in [0.15, 0.2) is 0 Å². The van der Waals surface area contributed by atoms with Gasteiger partial charge in [-0.1, -0.05) is 11.6 Å². The zero-order chi connectivity index (χ0) is 10.8. The van der Waals surface area contributed by atoms with Crippen molar-refractivity contribution in [2.24, 2.45) is 0 Å². The van der Waals surface area contributed by atoms with Crippen molar-refractivity contribution in [2.45, 2.75) is 0 Å². The van der Waals surface area contributed by atoms with Crippen molar-refractivity contribution >= 4 is 17.3 Å². The minimum Gasteiger partial charge on any atom is -0.258 e. The molecule has 0 unspecified atom stereocenters. The van der Waals surface area contributed by atoms with Crippen molar-refractivity contribution in [3.8, 4) is 5.69 Å². The van der Waals surface area contributed by atoms with Crippen molar-refractivity contribution in [2.75, 3.05) is 0 Å². The predicted molar refractivity (Wildman–Crippen MR) is 53.0 cm³/mol. The molecule has 2 rings (SSSR count). The summed E-state index contributed by atoms with van der Waals surface area (Å²) >= 11 is 5.87. The molecule has 2 aromatic rings.